The fraction of sp³-hybridized carbons (Fsp3) is 0.455. The third kappa shape index (κ3) is 4.16. The van der Waals surface area contributed by atoms with Gasteiger partial charge in [0.05, 0.1) is 19.0 Å². The Hall–Kier alpha value is -1.78. The van der Waals surface area contributed by atoms with E-state index in [1.165, 1.54) is 7.11 Å². The highest BCUT2D eigenvalue weighted by Crippen LogP contribution is 2.09. The summed E-state index contributed by atoms with van der Waals surface area (Å²) in [6.45, 7) is 3.05. The van der Waals surface area contributed by atoms with E-state index in [4.69, 9.17) is 0 Å². The van der Waals surface area contributed by atoms with Crippen LogP contribution in [0.2, 0.25) is 0 Å². The predicted molar refractivity (Wildman–Crippen MR) is 63.7 cm³/mol. The van der Waals surface area contributed by atoms with Crippen molar-refractivity contribution in [1.29, 1.82) is 0 Å². The lowest BCUT2D eigenvalue weighted by molar-refractivity contribution is 0.187. The third-order valence-electron chi connectivity index (χ3n) is 2.03. The first kappa shape index (κ1) is 12.3. The molecular formula is C11H17N3O2. The van der Waals surface area contributed by atoms with E-state index in [9.17, 15) is 4.79 Å². The molecule has 0 saturated heterocycles. The molecule has 1 rings (SSSR count). The van der Waals surface area contributed by atoms with Gasteiger partial charge in [0.25, 0.3) is 0 Å². The van der Waals surface area contributed by atoms with Crippen LogP contribution in [0.25, 0.3) is 0 Å². The monoisotopic (exact) mass is 223 g/mol. The van der Waals surface area contributed by atoms with Gasteiger partial charge in [-0.2, -0.15) is 0 Å². The van der Waals surface area contributed by atoms with Crippen molar-refractivity contribution in [2.45, 2.75) is 19.8 Å². The van der Waals surface area contributed by atoms with Gasteiger partial charge in [0.15, 0.2) is 0 Å². The Kier molecular flexibility index (Phi) is 5.11. The first-order chi connectivity index (χ1) is 7.76. The maximum Gasteiger partial charge on any atom is 0.411 e. The molecule has 0 aromatic carbocycles. The van der Waals surface area contributed by atoms with Gasteiger partial charge in [-0.25, -0.2) is 9.78 Å². The van der Waals surface area contributed by atoms with E-state index in [2.05, 4.69) is 27.3 Å². The van der Waals surface area contributed by atoms with Gasteiger partial charge < -0.3 is 10.1 Å². The summed E-state index contributed by atoms with van der Waals surface area (Å²) in [7, 11) is 1.32. The van der Waals surface area contributed by atoms with Gasteiger partial charge in [-0.05, 0) is 18.6 Å². The number of amides is 1. The number of carbonyl (C=O) groups is 1. The molecule has 0 aliphatic heterocycles. The van der Waals surface area contributed by atoms with Crippen molar-refractivity contribution >= 4 is 17.6 Å². The SMILES string of the molecule is CCCCNc1ccc(NC(=O)OC)cn1. The molecule has 1 heterocycles. The molecule has 5 nitrogen and oxygen atoms in total. The molecule has 16 heavy (non-hydrogen) atoms. The Bertz CT molecular complexity index is 325. The van der Waals surface area contributed by atoms with Crippen LogP contribution in [-0.2, 0) is 4.74 Å². The zero-order valence-corrected chi connectivity index (χ0v) is 9.62. The van der Waals surface area contributed by atoms with E-state index in [1.807, 2.05) is 6.07 Å². The molecule has 0 bridgehead atoms. The van der Waals surface area contributed by atoms with Crippen LogP contribution in [0, 0.1) is 0 Å². The highest BCUT2D eigenvalue weighted by atomic mass is 16.5. The summed E-state index contributed by atoms with van der Waals surface area (Å²) in [6.07, 6.45) is 3.36. The van der Waals surface area contributed by atoms with Gasteiger partial charge in [0, 0.05) is 6.54 Å². The normalized spacial score (nSPS) is 9.62. The van der Waals surface area contributed by atoms with Crippen LogP contribution in [0.1, 0.15) is 19.8 Å². The summed E-state index contributed by atoms with van der Waals surface area (Å²) in [6, 6.07) is 3.60. The zero-order valence-electron chi connectivity index (χ0n) is 9.62. The van der Waals surface area contributed by atoms with Crippen molar-refractivity contribution in [3.05, 3.63) is 18.3 Å². The predicted octanol–water partition coefficient (Wildman–Crippen LogP) is 2.47. The van der Waals surface area contributed by atoms with Gasteiger partial charge in [-0.3, -0.25) is 5.32 Å². The van der Waals surface area contributed by atoms with Crippen molar-refractivity contribution in [3.63, 3.8) is 0 Å². The van der Waals surface area contributed by atoms with E-state index in [-0.39, 0.29) is 0 Å². The van der Waals surface area contributed by atoms with E-state index in [0.717, 1.165) is 25.2 Å². The Morgan fingerprint density at radius 1 is 1.50 bits per heavy atom. The molecule has 0 aliphatic carbocycles. The molecule has 0 aliphatic rings. The standard InChI is InChI=1S/C11H17N3O2/c1-3-4-7-12-10-6-5-9(8-13-10)14-11(15)16-2/h5-6,8H,3-4,7H2,1-2H3,(H,12,13)(H,14,15). The second-order valence-corrected chi connectivity index (χ2v) is 3.33. The Labute approximate surface area is 95.2 Å². The largest absolute Gasteiger partial charge is 0.453 e. The first-order valence-electron chi connectivity index (χ1n) is 5.31. The Morgan fingerprint density at radius 3 is 2.88 bits per heavy atom. The lowest BCUT2D eigenvalue weighted by Crippen LogP contribution is -2.11. The lowest BCUT2D eigenvalue weighted by Gasteiger charge is -2.06. The number of rotatable bonds is 5. The summed E-state index contributed by atoms with van der Waals surface area (Å²) in [5.41, 5.74) is 0.618. The fourth-order valence-corrected chi connectivity index (χ4v) is 1.13. The van der Waals surface area contributed by atoms with Crippen molar-refractivity contribution < 1.29 is 9.53 Å². The Morgan fingerprint density at radius 2 is 2.31 bits per heavy atom. The minimum Gasteiger partial charge on any atom is -0.453 e. The van der Waals surface area contributed by atoms with E-state index in [0.29, 0.717) is 5.69 Å². The van der Waals surface area contributed by atoms with Gasteiger partial charge in [-0.1, -0.05) is 13.3 Å². The molecule has 0 atom stereocenters. The molecule has 0 radical (unpaired) electrons. The summed E-state index contributed by atoms with van der Waals surface area (Å²) >= 11 is 0. The van der Waals surface area contributed by atoms with Crippen LogP contribution >= 0.6 is 0 Å². The summed E-state index contributed by atoms with van der Waals surface area (Å²) < 4.78 is 4.47. The van der Waals surface area contributed by atoms with E-state index < -0.39 is 6.09 Å². The minimum absolute atomic E-state index is 0.492. The number of unbranched alkanes of at least 4 members (excludes halogenated alkanes) is 1. The lowest BCUT2D eigenvalue weighted by atomic mass is 10.3. The molecule has 1 aromatic rings. The number of ether oxygens (including phenoxy) is 1. The van der Waals surface area contributed by atoms with Crippen LogP contribution in [0.4, 0.5) is 16.3 Å². The molecule has 1 aromatic heterocycles. The number of hydrogen-bond acceptors (Lipinski definition) is 4. The maximum atomic E-state index is 10.9. The summed E-state index contributed by atoms with van der Waals surface area (Å²) in [5.74, 6) is 0.809. The summed E-state index contributed by atoms with van der Waals surface area (Å²) in [4.78, 5) is 15.1. The number of methoxy groups -OCH3 is 1. The van der Waals surface area contributed by atoms with Crippen molar-refractivity contribution in [3.8, 4) is 0 Å². The van der Waals surface area contributed by atoms with Crippen LogP contribution < -0.4 is 10.6 Å². The average molecular weight is 223 g/mol. The number of pyridine rings is 1. The van der Waals surface area contributed by atoms with Crippen molar-refractivity contribution in [2.75, 3.05) is 24.3 Å². The zero-order chi connectivity index (χ0) is 11.8. The molecule has 1 amide bonds. The average Bonchev–Trinajstić information content (AvgIpc) is 2.31. The number of aromatic nitrogens is 1. The van der Waals surface area contributed by atoms with Gasteiger partial charge >= 0.3 is 6.09 Å². The molecule has 88 valence electrons. The van der Waals surface area contributed by atoms with Crippen LogP contribution in [0.15, 0.2) is 18.3 Å². The first-order valence-corrected chi connectivity index (χ1v) is 5.31. The second kappa shape index (κ2) is 6.66. The van der Waals surface area contributed by atoms with Crippen molar-refractivity contribution in [2.24, 2.45) is 0 Å². The number of hydrogen-bond donors (Lipinski definition) is 2. The quantitative estimate of drug-likeness (QED) is 0.753. The fourth-order valence-electron chi connectivity index (χ4n) is 1.13. The molecule has 2 N–H and O–H groups in total. The Balaban J connectivity index is 2.44. The molecule has 0 unspecified atom stereocenters. The highest BCUT2D eigenvalue weighted by Gasteiger charge is 2.00. The van der Waals surface area contributed by atoms with Gasteiger partial charge in [-0.15, -0.1) is 0 Å². The van der Waals surface area contributed by atoms with E-state index >= 15 is 0 Å². The molecule has 5 heteroatoms. The van der Waals surface area contributed by atoms with Crippen molar-refractivity contribution in [1.82, 2.24) is 4.98 Å². The third-order valence-corrected chi connectivity index (χ3v) is 2.03. The maximum absolute atomic E-state index is 10.9. The van der Waals surface area contributed by atoms with Gasteiger partial charge in [0.2, 0.25) is 0 Å². The number of carbonyl (C=O) groups excluding carboxylic acids is 1. The second-order valence-electron chi connectivity index (χ2n) is 3.33. The van der Waals surface area contributed by atoms with E-state index in [1.54, 1.807) is 12.3 Å². The number of anilines is 2. The molecule has 0 saturated carbocycles. The van der Waals surface area contributed by atoms with Gasteiger partial charge in [0.1, 0.15) is 5.82 Å². The molecule has 0 spiro atoms. The smallest absolute Gasteiger partial charge is 0.411 e. The number of nitrogens with zero attached hydrogens (tertiary/aromatic N) is 1. The highest BCUT2D eigenvalue weighted by molar-refractivity contribution is 5.84. The number of nitrogens with one attached hydrogen (secondary N) is 2. The molecule has 0 fully saturated rings. The van der Waals surface area contributed by atoms with Crippen LogP contribution in [0.3, 0.4) is 0 Å². The van der Waals surface area contributed by atoms with Crippen LogP contribution in [0.5, 0.6) is 0 Å². The van der Waals surface area contributed by atoms with Crippen LogP contribution in [-0.4, -0.2) is 24.7 Å². The minimum atomic E-state index is -0.492. The summed E-state index contributed by atoms with van der Waals surface area (Å²) in [5, 5.41) is 5.72. The topological polar surface area (TPSA) is 63.2 Å². The molecular weight excluding hydrogens is 206 g/mol.